The number of rotatable bonds is 6. The Labute approximate surface area is 199 Å². The number of nitrogens with zero attached hydrogens (tertiary/aromatic N) is 1. The van der Waals surface area contributed by atoms with Crippen molar-refractivity contribution in [3.63, 3.8) is 0 Å². The molecule has 2 aromatic rings. The number of alkyl carbamates (subject to hydrolysis) is 1. The summed E-state index contributed by atoms with van der Waals surface area (Å²) >= 11 is 0. The van der Waals surface area contributed by atoms with E-state index in [9.17, 15) is 32.7 Å². The fourth-order valence-electron chi connectivity index (χ4n) is 4.95. The number of halogens is 3. The fraction of sp³-hybridized carbons (Fsp3) is 0.400. The van der Waals surface area contributed by atoms with Gasteiger partial charge in [-0.05, 0) is 34.6 Å². The first-order valence-electron chi connectivity index (χ1n) is 11.3. The van der Waals surface area contributed by atoms with E-state index in [4.69, 9.17) is 4.74 Å². The van der Waals surface area contributed by atoms with Crippen molar-refractivity contribution in [2.75, 3.05) is 19.7 Å². The minimum atomic E-state index is -4.97. The van der Waals surface area contributed by atoms with E-state index in [0.717, 1.165) is 27.2 Å². The number of carboxylic acid groups (broad SMARTS) is 1. The first-order valence-corrected chi connectivity index (χ1v) is 11.3. The van der Waals surface area contributed by atoms with Crippen LogP contribution in [-0.4, -0.2) is 59.9 Å². The number of ether oxygens (including phenoxy) is 1. The van der Waals surface area contributed by atoms with Crippen molar-refractivity contribution in [3.05, 3.63) is 59.7 Å². The van der Waals surface area contributed by atoms with Crippen LogP contribution < -0.4 is 5.32 Å². The minimum Gasteiger partial charge on any atom is -0.480 e. The Morgan fingerprint density at radius 2 is 1.66 bits per heavy atom. The second-order valence-electron chi connectivity index (χ2n) is 8.88. The standard InChI is InChI=1S/C25H25F3N2O5/c1-14-10-11-30(21(14)23(32)33)22(31)20(25(26,27)28)12-29-24(34)35-13-19-17-8-4-2-6-15(17)16-7-3-5-9-18(16)19/h2-9,14,19-21H,10-13H2,1H3,(H,29,34)(H,32,33). The van der Waals surface area contributed by atoms with Gasteiger partial charge in [-0.1, -0.05) is 55.5 Å². The van der Waals surface area contributed by atoms with E-state index in [1.54, 1.807) is 6.92 Å². The number of hydrogen-bond acceptors (Lipinski definition) is 4. The highest BCUT2D eigenvalue weighted by Crippen LogP contribution is 2.44. The predicted molar refractivity (Wildman–Crippen MR) is 120 cm³/mol. The molecule has 35 heavy (non-hydrogen) atoms. The molecule has 0 saturated carbocycles. The molecule has 186 valence electrons. The van der Waals surface area contributed by atoms with Gasteiger partial charge in [-0.3, -0.25) is 4.79 Å². The average molecular weight is 490 g/mol. The molecule has 1 aliphatic carbocycles. The van der Waals surface area contributed by atoms with Crippen molar-refractivity contribution in [1.82, 2.24) is 10.2 Å². The lowest BCUT2D eigenvalue weighted by molar-refractivity contribution is -0.190. The van der Waals surface area contributed by atoms with Gasteiger partial charge in [0.15, 0.2) is 5.92 Å². The molecule has 1 fully saturated rings. The SMILES string of the molecule is CC1CCN(C(=O)C(CNC(=O)OCC2c3ccccc3-c3ccccc32)C(F)(F)F)C1C(=O)O. The number of aliphatic carboxylic acids is 1. The van der Waals surface area contributed by atoms with Gasteiger partial charge in [-0.2, -0.15) is 13.2 Å². The van der Waals surface area contributed by atoms with Crippen LogP contribution >= 0.6 is 0 Å². The Balaban J connectivity index is 1.41. The van der Waals surface area contributed by atoms with Gasteiger partial charge < -0.3 is 20.1 Å². The number of carbonyl (C=O) groups is 3. The zero-order valence-corrected chi connectivity index (χ0v) is 18.9. The summed E-state index contributed by atoms with van der Waals surface area (Å²) in [6.07, 6.45) is -5.77. The third-order valence-electron chi connectivity index (χ3n) is 6.72. The van der Waals surface area contributed by atoms with Gasteiger partial charge in [-0.15, -0.1) is 0 Å². The van der Waals surface area contributed by atoms with Crippen LogP contribution in [0, 0.1) is 11.8 Å². The Morgan fingerprint density at radius 1 is 1.09 bits per heavy atom. The first kappa shape index (κ1) is 24.6. The van der Waals surface area contributed by atoms with E-state index < -0.39 is 48.6 Å². The molecular weight excluding hydrogens is 465 g/mol. The highest BCUT2D eigenvalue weighted by molar-refractivity contribution is 5.87. The molecule has 0 bridgehead atoms. The first-order chi connectivity index (χ1) is 16.6. The second kappa shape index (κ2) is 9.59. The molecule has 7 nitrogen and oxygen atoms in total. The molecule has 2 amide bonds. The smallest absolute Gasteiger partial charge is 0.407 e. The zero-order valence-electron chi connectivity index (χ0n) is 18.9. The van der Waals surface area contributed by atoms with Gasteiger partial charge in [0.1, 0.15) is 12.6 Å². The Morgan fingerprint density at radius 3 is 2.20 bits per heavy atom. The summed E-state index contributed by atoms with van der Waals surface area (Å²) < 4.78 is 46.3. The Kier molecular flexibility index (Phi) is 6.73. The molecule has 3 atom stereocenters. The van der Waals surface area contributed by atoms with Crippen molar-refractivity contribution < 1.29 is 37.4 Å². The molecule has 1 saturated heterocycles. The molecule has 4 rings (SSSR count). The maximum Gasteiger partial charge on any atom is 0.407 e. The minimum absolute atomic E-state index is 0.0881. The van der Waals surface area contributed by atoms with E-state index in [1.807, 2.05) is 53.8 Å². The van der Waals surface area contributed by atoms with Crippen LogP contribution in [0.2, 0.25) is 0 Å². The number of fused-ring (bicyclic) bond motifs is 3. The lowest BCUT2D eigenvalue weighted by Crippen LogP contribution is -2.51. The van der Waals surface area contributed by atoms with Crippen LogP contribution in [0.5, 0.6) is 0 Å². The van der Waals surface area contributed by atoms with Gasteiger partial charge in [-0.25, -0.2) is 9.59 Å². The Bertz CT molecular complexity index is 1090. The monoisotopic (exact) mass is 490 g/mol. The fourth-order valence-corrected chi connectivity index (χ4v) is 4.95. The summed E-state index contributed by atoms with van der Waals surface area (Å²) in [5, 5.41) is 11.4. The zero-order chi connectivity index (χ0) is 25.3. The predicted octanol–water partition coefficient (Wildman–Crippen LogP) is 4.03. The number of hydrogen-bond donors (Lipinski definition) is 2. The third kappa shape index (κ3) is 4.82. The molecule has 0 radical (unpaired) electrons. The van der Waals surface area contributed by atoms with Gasteiger partial charge in [0.2, 0.25) is 5.91 Å². The summed E-state index contributed by atoms with van der Waals surface area (Å²) in [6, 6.07) is 13.9. The number of carbonyl (C=O) groups excluding carboxylic acids is 2. The molecular formula is C25H25F3N2O5. The normalized spacial score (nSPS) is 20.2. The maximum atomic E-state index is 13.7. The van der Waals surface area contributed by atoms with Crippen molar-refractivity contribution in [3.8, 4) is 11.1 Å². The molecule has 2 aliphatic rings. The molecule has 1 aliphatic heterocycles. The summed E-state index contributed by atoms with van der Waals surface area (Å²) in [6.45, 7) is 0.351. The van der Waals surface area contributed by atoms with Gasteiger partial charge in [0.25, 0.3) is 0 Å². The number of nitrogens with one attached hydrogen (secondary N) is 1. The third-order valence-corrected chi connectivity index (χ3v) is 6.72. The quantitative estimate of drug-likeness (QED) is 0.638. The molecule has 1 heterocycles. The van der Waals surface area contributed by atoms with Crippen LogP contribution in [0.3, 0.4) is 0 Å². The van der Waals surface area contributed by atoms with Gasteiger partial charge in [0, 0.05) is 19.0 Å². The number of alkyl halides is 3. The molecule has 3 unspecified atom stereocenters. The van der Waals surface area contributed by atoms with Crippen LogP contribution in [0.1, 0.15) is 30.4 Å². The number of likely N-dealkylation sites (tertiary alicyclic amines) is 1. The number of carboxylic acids is 1. The highest BCUT2D eigenvalue weighted by Gasteiger charge is 2.50. The van der Waals surface area contributed by atoms with E-state index in [1.165, 1.54) is 0 Å². The molecule has 2 N–H and O–H groups in total. The summed E-state index contributed by atoms with van der Waals surface area (Å²) in [5.74, 6) is -6.03. The Hall–Kier alpha value is -3.56. The lowest BCUT2D eigenvalue weighted by Gasteiger charge is -2.29. The van der Waals surface area contributed by atoms with E-state index in [0.29, 0.717) is 0 Å². The molecule has 10 heteroatoms. The molecule has 0 spiro atoms. The van der Waals surface area contributed by atoms with Crippen molar-refractivity contribution in [2.45, 2.75) is 31.5 Å². The maximum absolute atomic E-state index is 13.7. The van der Waals surface area contributed by atoms with Crippen molar-refractivity contribution in [2.24, 2.45) is 11.8 Å². The second-order valence-corrected chi connectivity index (χ2v) is 8.88. The van der Waals surface area contributed by atoms with Crippen LogP contribution in [-0.2, 0) is 14.3 Å². The van der Waals surface area contributed by atoms with E-state index in [-0.39, 0.29) is 25.5 Å². The summed E-state index contributed by atoms with van der Waals surface area (Å²) in [5.41, 5.74) is 3.92. The van der Waals surface area contributed by atoms with E-state index in [2.05, 4.69) is 0 Å². The molecule has 0 aromatic heterocycles. The topological polar surface area (TPSA) is 95.9 Å². The molecule has 2 aromatic carbocycles. The number of benzene rings is 2. The average Bonchev–Trinajstić information content (AvgIpc) is 3.35. The largest absolute Gasteiger partial charge is 0.480 e. The lowest BCUT2D eigenvalue weighted by atomic mass is 9.98. The van der Waals surface area contributed by atoms with Gasteiger partial charge >= 0.3 is 18.2 Å². The highest BCUT2D eigenvalue weighted by atomic mass is 19.4. The van der Waals surface area contributed by atoms with Crippen LogP contribution in [0.15, 0.2) is 48.5 Å². The van der Waals surface area contributed by atoms with Crippen molar-refractivity contribution >= 4 is 18.0 Å². The number of amides is 2. The summed E-state index contributed by atoms with van der Waals surface area (Å²) in [7, 11) is 0. The summed E-state index contributed by atoms with van der Waals surface area (Å²) in [4.78, 5) is 37.2. The van der Waals surface area contributed by atoms with Crippen molar-refractivity contribution in [1.29, 1.82) is 0 Å². The van der Waals surface area contributed by atoms with Crippen LogP contribution in [0.4, 0.5) is 18.0 Å². The van der Waals surface area contributed by atoms with E-state index >= 15 is 0 Å². The van der Waals surface area contributed by atoms with Crippen LogP contribution in [0.25, 0.3) is 11.1 Å². The van der Waals surface area contributed by atoms with Gasteiger partial charge in [0.05, 0.1) is 0 Å².